The van der Waals surface area contributed by atoms with Gasteiger partial charge in [0.1, 0.15) is 5.75 Å². The van der Waals surface area contributed by atoms with Gasteiger partial charge in [0, 0.05) is 13.1 Å². The molecule has 1 aliphatic heterocycles. The van der Waals surface area contributed by atoms with Gasteiger partial charge >= 0.3 is 0 Å². The largest absolute Gasteiger partial charge is 0.497 e. The predicted octanol–water partition coefficient (Wildman–Crippen LogP) is 2.77. The number of hydrogen-bond acceptors (Lipinski definition) is 6. The Morgan fingerprint density at radius 2 is 2.00 bits per heavy atom. The van der Waals surface area contributed by atoms with Crippen LogP contribution in [0.1, 0.15) is 31.2 Å². The van der Waals surface area contributed by atoms with Crippen LogP contribution in [0.5, 0.6) is 5.75 Å². The van der Waals surface area contributed by atoms with Crippen molar-refractivity contribution in [2.75, 3.05) is 20.2 Å². The Morgan fingerprint density at radius 1 is 1.29 bits per heavy atom. The molecule has 0 spiro atoms. The summed E-state index contributed by atoms with van der Waals surface area (Å²) >= 11 is 1.32. The third-order valence-corrected chi connectivity index (χ3v) is 4.93. The fourth-order valence-electron chi connectivity index (χ4n) is 2.67. The summed E-state index contributed by atoms with van der Waals surface area (Å²) in [5, 5.41) is 8.35. The Kier molecular flexibility index (Phi) is 5.40. The van der Waals surface area contributed by atoms with Gasteiger partial charge in [0.2, 0.25) is 11.8 Å². The summed E-state index contributed by atoms with van der Waals surface area (Å²) in [5.74, 6) is 1.51. The number of nitrogens with zero attached hydrogens (tertiary/aromatic N) is 3. The molecular formula is C17H21N3O3S. The van der Waals surface area contributed by atoms with Crippen LogP contribution in [0.3, 0.4) is 0 Å². The van der Waals surface area contributed by atoms with E-state index < -0.39 is 0 Å². The number of thioether (sulfide) groups is 1. The van der Waals surface area contributed by atoms with Crippen LogP contribution in [-0.4, -0.2) is 46.5 Å². The number of hydrogen-bond donors (Lipinski definition) is 0. The van der Waals surface area contributed by atoms with E-state index in [9.17, 15) is 4.79 Å². The number of amides is 1. The molecule has 1 atom stereocenters. The molecule has 7 heteroatoms. The van der Waals surface area contributed by atoms with Gasteiger partial charge in [-0.3, -0.25) is 4.79 Å². The lowest BCUT2D eigenvalue weighted by atomic mass is 10.1. The molecule has 24 heavy (non-hydrogen) atoms. The predicted molar refractivity (Wildman–Crippen MR) is 91.2 cm³/mol. The van der Waals surface area contributed by atoms with E-state index in [1.54, 1.807) is 7.11 Å². The molecule has 0 bridgehead atoms. The number of methoxy groups -OCH3 is 1. The van der Waals surface area contributed by atoms with E-state index in [1.807, 2.05) is 36.1 Å². The first-order chi connectivity index (χ1) is 11.7. The number of carbonyl (C=O) groups excluding carboxylic acids is 1. The van der Waals surface area contributed by atoms with Gasteiger partial charge in [-0.15, -0.1) is 10.2 Å². The fraction of sp³-hybridized carbons (Fsp3) is 0.471. The van der Waals surface area contributed by atoms with Crippen LogP contribution < -0.4 is 4.74 Å². The van der Waals surface area contributed by atoms with Gasteiger partial charge in [0.15, 0.2) is 0 Å². The molecule has 0 radical (unpaired) electrons. The minimum absolute atomic E-state index is 0.146. The van der Waals surface area contributed by atoms with E-state index in [4.69, 9.17) is 9.15 Å². The van der Waals surface area contributed by atoms with Crippen LogP contribution in [0, 0.1) is 0 Å². The summed E-state index contributed by atoms with van der Waals surface area (Å²) in [4.78, 5) is 14.2. The number of benzene rings is 1. The Bertz CT molecular complexity index is 681. The van der Waals surface area contributed by atoms with E-state index in [0.29, 0.717) is 17.5 Å². The van der Waals surface area contributed by atoms with Crippen LogP contribution in [0.2, 0.25) is 0 Å². The molecule has 1 saturated heterocycles. The Morgan fingerprint density at radius 3 is 2.67 bits per heavy atom. The van der Waals surface area contributed by atoms with Crippen molar-refractivity contribution in [3.63, 3.8) is 0 Å². The maximum absolute atomic E-state index is 12.3. The third-order valence-electron chi connectivity index (χ3n) is 4.01. The number of carbonyl (C=O) groups is 1. The van der Waals surface area contributed by atoms with E-state index in [2.05, 4.69) is 10.2 Å². The number of aromatic nitrogens is 2. The molecule has 1 aromatic heterocycles. The monoisotopic (exact) mass is 347 g/mol. The van der Waals surface area contributed by atoms with Crippen molar-refractivity contribution in [3.8, 4) is 5.75 Å². The second-order valence-electron chi connectivity index (χ2n) is 5.78. The lowest BCUT2D eigenvalue weighted by Gasteiger charge is -2.18. The summed E-state index contributed by atoms with van der Waals surface area (Å²) < 4.78 is 10.8. The summed E-state index contributed by atoms with van der Waals surface area (Å²) in [6, 6.07) is 7.74. The van der Waals surface area contributed by atoms with Crippen molar-refractivity contribution < 1.29 is 13.9 Å². The second-order valence-corrected chi connectivity index (χ2v) is 7.07. The highest BCUT2D eigenvalue weighted by Gasteiger charge is 2.25. The molecule has 3 rings (SSSR count). The Balaban J connectivity index is 1.57. The van der Waals surface area contributed by atoms with Gasteiger partial charge < -0.3 is 14.1 Å². The molecule has 128 valence electrons. The number of rotatable bonds is 6. The molecular weight excluding hydrogens is 326 g/mol. The highest BCUT2D eigenvalue weighted by molar-refractivity contribution is 8.00. The van der Waals surface area contributed by atoms with Crippen LogP contribution in [0.4, 0.5) is 0 Å². The zero-order chi connectivity index (χ0) is 16.9. The lowest BCUT2D eigenvalue weighted by molar-refractivity contribution is -0.129. The van der Waals surface area contributed by atoms with E-state index in [1.165, 1.54) is 11.8 Å². The fourth-order valence-corrected chi connectivity index (χ4v) is 3.46. The Labute approximate surface area is 145 Å². The topological polar surface area (TPSA) is 68.5 Å². The first kappa shape index (κ1) is 16.8. The van der Waals surface area contributed by atoms with Crippen LogP contribution in [0.15, 0.2) is 33.9 Å². The molecule has 2 heterocycles. The first-order valence-electron chi connectivity index (χ1n) is 8.06. The van der Waals surface area contributed by atoms with E-state index in [-0.39, 0.29) is 11.2 Å². The summed E-state index contributed by atoms with van der Waals surface area (Å²) in [7, 11) is 1.64. The standard InChI is InChI=1S/C17H21N3O3S/c1-12(16(21)20-9-3-4-10-20)24-17-19-18-15(23-17)11-13-5-7-14(22-2)8-6-13/h5-8,12H,3-4,9-11H2,1-2H3/t12-/m0/s1. The van der Waals surface area contributed by atoms with Crippen LogP contribution >= 0.6 is 11.8 Å². The van der Waals surface area contributed by atoms with Crippen molar-refractivity contribution in [2.24, 2.45) is 0 Å². The zero-order valence-electron chi connectivity index (χ0n) is 13.9. The van der Waals surface area contributed by atoms with E-state index >= 15 is 0 Å². The molecule has 1 amide bonds. The van der Waals surface area contributed by atoms with Crippen molar-refractivity contribution in [3.05, 3.63) is 35.7 Å². The molecule has 1 aromatic carbocycles. The van der Waals surface area contributed by atoms with Crippen molar-refractivity contribution in [2.45, 2.75) is 36.7 Å². The van der Waals surface area contributed by atoms with Gasteiger partial charge in [0.05, 0.1) is 18.8 Å². The molecule has 0 aliphatic carbocycles. The van der Waals surface area contributed by atoms with Crippen molar-refractivity contribution in [1.29, 1.82) is 0 Å². The second kappa shape index (κ2) is 7.70. The van der Waals surface area contributed by atoms with Gasteiger partial charge in [-0.05, 0) is 37.5 Å². The van der Waals surface area contributed by atoms with Crippen LogP contribution in [0.25, 0.3) is 0 Å². The third kappa shape index (κ3) is 4.08. The van der Waals surface area contributed by atoms with Crippen LogP contribution in [-0.2, 0) is 11.2 Å². The SMILES string of the molecule is COc1ccc(Cc2nnc(S[C@@H](C)C(=O)N3CCCC3)o2)cc1. The van der Waals surface area contributed by atoms with Gasteiger partial charge in [-0.2, -0.15) is 0 Å². The molecule has 0 unspecified atom stereocenters. The summed E-state index contributed by atoms with van der Waals surface area (Å²) in [6.07, 6.45) is 2.75. The minimum atomic E-state index is -0.211. The molecule has 6 nitrogen and oxygen atoms in total. The molecule has 1 aliphatic rings. The van der Waals surface area contributed by atoms with Crippen molar-refractivity contribution >= 4 is 17.7 Å². The average molecular weight is 347 g/mol. The summed E-state index contributed by atoms with van der Waals surface area (Å²) in [6.45, 7) is 3.60. The van der Waals surface area contributed by atoms with Gasteiger partial charge in [0.25, 0.3) is 5.22 Å². The first-order valence-corrected chi connectivity index (χ1v) is 8.94. The average Bonchev–Trinajstić information content (AvgIpc) is 3.27. The maximum Gasteiger partial charge on any atom is 0.277 e. The Hall–Kier alpha value is -2.02. The van der Waals surface area contributed by atoms with E-state index in [0.717, 1.165) is 37.2 Å². The number of ether oxygens (including phenoxy) is 1. The minimum Gasteiger partial charge on any atom is -0.497 e. The van der Waals surface area contributed by atoms with Gasteiger partial charge in [-0.25, -0.2) is 0 Å². The van der Waals surface area contributed by atoms with Crippen molar-refractivity contribution in [1.82, 2.24) is 15.1 Å². The molecule has 0 N–H and O–H groups in total. The van der Waals surface area contributed by atoms with Gasteiger partial charge in [-0.1, -0.05) is 23.9 Å². The molecule has 2 aromatic rings. The summed E-state index contributed by atoms with van der Waals surface area (Å²) in [5.41, 5.74) is 1.07. The highest BCUT2D eigenvalue weighted by Crippen LogP contribution is 2.25. The highest BCUT2D eigenvalue weighted by atomic mass is 32.2. The quantitative estimate of drug-likeness (QED) is 0.749. The zero-order valence-corrected chi connectivity index (χ0v) is 14.7. The number of likely N-dealkylation sites (tertiary alicyclic amines) is 1. The maximum atomic E-state index is 12.3. The molecule has 0 saturated carbocycles. The smallest absolute Gasteiger partial charge is 0.277 e. The normalized spacial score (nSPS) is 15.5. The lowest BCUT2D eigenvalue weighted by Crippen LogP contribution is -2.34. The molecule has 1 fully saturated rings.